The number of ether oxygens (including phenoxy) is 1. The quantitative estimate of drug-likeness (QED) is 0.432. The summed E-state index contributed by atoms with van der Waals surface area (Å²) < 4.78 is 49.3. The van der Waals surface area contributed by atoms with Gasteiger partial charge in [0.05, 0.1) is 5.39 Å². The normalized spacial score (nSPS) is 11.4. The Balaban J connectivity index is 2.06. The average molecular weight is 370 g/mol. The van der Waals surface area contributed by atoms with Crippen LogP contribution >= 0.6 is 0 Å². The Morgan fingerprint density at radius 3 is 2.33 bits per heavy atom. The number of hydrogen-bond donors (Lipinski definition) is 0. The van der Waals surface area contributed by atoms with Crippen LogP contribution in [-0.2, 0) is 6.42 Å². The van der Waals surface area contributed by atoms with E-state index in [2.05, 4.69) is 6.92 Å². The average Bonchev–Trinajstić information content (AvgIpc) is 2.67. The van der Waals surface area contributed by atoms with Gasteiger partial charge in [-0.15, -0.1) is 0 Å². The fraction of sp³-hybridized carbons (Fsp3) is 0.217. The molecule has 0 heterocycles. The topological polar surface area (TPSA) is 9.23 Å². The third-order valence-electron chi connectivity index (χ3n) is 4.46. The number of fused-ring (bicyclic) bond motifs is 1. The highest BCUT2D eigenvalue weighted by atomic mass is 19.2. The molecule has 0 saturated carbocycles. The molecule has 0 N–H and O–H groups in total. The van der Waals surface area contributed by atoms with Crippen LogP contribution in [0.2, 0.25) is 0 Å². The zero-order chi connectivity index (χ0) is 19.4. The van der Waals surface area contributed by atoms with E-state index in [1.54, 1.807) is 30.4 Å². The van der Waals surface area contributed by atoms with Crippen molar-refractivity contribution >= 4 is 10.8 Å². The lowest BCUT2D eigenvalue weighted by Crippen LogP contribution is -2.00. The van der Waals surface area contributed by atoms with Gasteiger partial charge >= 0.3 is 0 Å². The SMILES string of the molecule is CC=CCOc1ccc2cc(-c3ccc(CCC)cc3)c(F)c(F)c2c1F. The van der Waals surface area contributed by atoms with E-state index in [0.717, 1.165) is 18.4 Å². The molecule has 0 atom stereocenters. The second kappa shape index (κ2) is 8.30. The van der Waals surface area contributed by atoms with E-state index in [9.17, 15) is 13.2 Å². The molecule has 0 unspecified atom stereocenters. The number of benzene rings is 3. The largest absolute Gasteiger partial charge is 0.486 e. The summed E-state index contributed by atoms with van der Waals surface area (Å²) in [6.07, 6.45) is 5.40. The van der Waals surface area contributed by atoms with Crippen LogP contribution in [0.25, 0.3) is 21.9 Å². The molecule has 1 nitrogen and oxygen atoms in total. The molecule has 27 heavy (non-hydrogen) atoms. The summed E-state index contributed by atoms with van der Waals surface area (Å²) in [4.78, 5) is 0. The van der Waals surface area contributed by atoms with E-state index in [-0.39, 0.29) is 23.3 Å². The van der Waals surface area contributed by atoms with Gasteiger partial charge in [-0.1, -0.05) is 55.8 Å². The summed E-state index contributed by atoms with van der Waals surface area (Å²) in [6, 6.07) is 11.8. The van der Waals surface area contributed by atoms with Crippen molar-refractivity contribution in [3.8, 4) is 16.9 Å². The van der Waals surface area contributed by atoms with Gasteiger partial charge in [-0.05, 0) is 42.0 Å². The van der Waals surface area contributed by atoms with E-state index in [0.29, 0.717) is 5.56 Å². The highest BCUT2D eigenvalue weighted by molar-refractivity contribution is 5.90. The molecule has 0 aliphatic heterocycles. The zero-order valence-electron chi connectivity index (χ0n) is 15.4. The first kappa shape index (κ1) is 19.0. The molecule has 3 aromatic rings. The van der Waals surface area contributed by atoms with Gasteiger partial charge < -0.3 is 4.74 Å². The number of aryl methyl sites for hydroxylation is 1. The lowest BCUT2D eigenvalue weighted by molar-refractivity contribution is 0.342. The lowest BCUT2D eigenvalue weighted by atomic mass is 9.98. The number of allylic oxidation sites excluding steroid dienone is 1. The van der Waals surface area contributed by atoms with Crippen LogP contribution in [0.1, 0.15) is 25.8 Å². The molecule has 0 amide bonds. The van der Waals surface area contributed by atoms with Gasteiger partial charge in [0.1, 0.15) is 6.61 Å². The number of hydrogen-bond acceptors (Lipinski definition) is 1. The zero-order valence-corrected chi connectivity index (χ0v) is 15.4. The van der Waals surface area contributed by atoms with Gasteiger partial charge in [0.15, 0.2) is 23.2 Å². The number of rotatable bonds is 6. The summed E-state index contributed by atoms with van der Waals surface area (Å²) >= 11 is 0. The van der Waals surface area contributed by atoms with Gasteiger partial charge in [-0.2, -0.15) is 0 Å². The van der Waals surface area contributed by atoms with Crippen LogP contribution in [0.4, 0.5) is 13.2 Å². The van der Waals surface area contributed by atoms with Crippen molar-refractivity contribution in [2.24, 2.45) is 0 Å². The van der Waals surface area contributed by atoms with Crippen LogP contribution < -0.4 is 4.74 Å². The molecule has 0 fully saturated rings. The smallest absolute Gasteiger partial charge is 0.175 e. The molecule has 4 heteroatoms. The van der Waals surface area contributed by atoms with Crippen LogP contribution in [0.5, 0.6) is 5.75 Å². The van der Waals surface area contributed by atoms with Gasteiger partial charge in [0.2, 0.25) is 0 Å². The molecule has 0 aliphatic rings. The maximum atomic E-state index is 14.7. The fourth-order valence-electron chi connectivity index (χ4n) is 3.06. The van der Waals surface area contributed by atoms with Crippen molar-refractivity contribution in [3.63, 3.8) is 0 Å². The van der Waals surface area contributed by atoms with Crippen molar-refractivity contribution in [1.29, 1.82) is 0 Å². The second-order valence-corrected chi connectivity index (χ2v) is 6.35. The first-order valence-corrected chi connectivity index (χ1v) is 9.00. The van der Waals surface area contributed by atoms with Gasteiger partial charge in [0, 0.05) is 5.56 Å². The van der Waals surface area contributed by atoms with Crippen LogP contribution in [0.3, 0.4) is 0 Å². The highest BCUT2D eigenvalue weighted by Crippen LogP contribution is 2.35. The monoisotopic (exact) mass is 370 g/mol. The molecule has 0 bridgehead atoms. The fourth-order valence-corrected chi connectivity index (χ4v) is 3.06. The van der Waals surface area contributed by atoms with E-state index in [4.69, 9.17) is 4.74 Å². The summed E-state index contributed by atoms with van der Waals surface area (Å²) in [6.45, 7) is 4.05. The Hall–Kier alpha value is -2.75. The third kappa shape index (κ3) is 3.85. The van der Waals surface area contributed by atoms with Crippen molar-refractivity contribution in [1.82, 2.24) is 0 Å². The van der Waals surface area contributed by atoms with Gasteiger partial charge in [-0.25, -0.2) is 13.2 Å². The van der Waals surface area contributed by atoms with Crippen molar-refractivity contribution < 1.29 is 17.9 Å². The molecule has 3 rings (SSSR count). The van der Waals surface area contributed by atoms with E-state index in [1.807, 2.05) is 19.1 Å². The molecule has 0 spiro atoms. The predicted molar refractivity (Wildman–Crippen MR) is 104 cm³/mol. The molecular weight excluding hydrogens is 349 g/mol. The van der Waals surface area contributed by atoms with E-state index >= 15 is 0 Å². The Kier molecular flexibility index (Phi) is 5.84. The third-order valence-corrected chi connectivity index (χ3v) is 4.46. The summed E-state index contributed by atoms with van der Waals surface area (Å²) in [7, 11) is 0. The molecular formula is C23H21F3O. The minimum absolute atomic E-state index is 0.101. The van der Waals surface area contributed by atoms with Crippen LogP contribution in [-0.4, -0.2) is 6.61 Å². The Labute approximate surface area is 157 Å². The predicted octanol–water partition coefficient (Wildman–Crippen LogP) is 6.83. The van der Waals surface area contributed by atoms with Crippen LogP contribution in [0, 0.1) is 17.5 Å². The minimum atomic E-state index is -1.20. The van der Waals surface area contributed by atoms with Crippen LogP contribution in [0.15, 0.2) is 54.6 Å². The molecule has 0 saturated heterocycles. The maximum Gasteiger partial charge on any atom is 0.175 e. The molecule has 0 aromatic heterocycles. The summed E-state index contributed by atoms with van der Waals surface area (Å²) in [5, 5.41) is -0.103. The van der Waals surface area contributed by atoms with Gasteiger partial charge in [0.25, 0.3) is 0 Å². The first-order chi connectivity index (χ1) is 13.1. The maximum absolute atomic E-state index is 14.7. The number of halogens is 3. The Morgan fingerprint density at radius 2 is 1.67 bits per heavy atom. The molecule has 140 valence electrons. The van der Waals surface area contributed by atoms with Crippen molar-refractivity contribution in [2.75, 3.05) is 6.61 Å². The molecule has 3 aromatic carbocycles. The Morgan fingerprint density at radius 1 is 0.926 bits per heavy atom. The standard InChI is InChI=1S/C23H21F3O/c1-3-5-13-27-19-12-11-17-14-18(21(24)23(26)20(17)22(19)25)16-9-7-15(6-4-2)8-10-16/h3,5,7-12,14H,4,6,13H2,1-2H3. The van der Waals surface area contributed by atoms with E-state index < -0.39 is 22.8 Å². The molecule has 0 radical (unpaired) electrons. The first-order valence-electron chi connectivity index (χ1n) is 9.00. The highest BCUT2D eigenvalue weighted by Gasteiger charge is 2.20. The lowest BCUT2D eigenvalue weighted by Gasteiger charge is -2.12. The second-order valence-electron chi connectivity index (χ2n) is 6.35. The summed E-state index contributed by atoms with van der Waals surface area (Å²) in [5.41, 5.74) is 1.81. The summed E-state index contributed by atoms with van der Waals surface area (Å²) in [5.74, 6) is -3.25. The Bertz CT molecular complexity index is 975. The van der Waals surface area contributed by atoms with Crippen molar-refractivity contribution in [2.45, 2.75) is 26.7 Å². The van der Waals surface area contributed by atoms with Gasteiger partial charge in [-0.3, -0.25) is 0 Å². The molecule has 0 aliphatic carbocycles. The van der Waals surface area contributed by atoms with E-state index in [1.165, 1.54) is 12.1 Å². The minimum Gasteiger partial charge on any atom is -0.486 e. The van der Waals surface area contributed by atoms with Crippen molar-refractivity contribution in [3.05, 3.63) is 77.6 Å².